The van der Waals surface area contributed by atoms with E-state index in [0.29, 0.717) is 55.7 Å². The molecule has 0 radical (unpaired) electrons. The molecule has 3 N–H and O–H groups in total. The number of aldehydes is 1. The number of amides is 2. The van der Waals surface area contributed by atoms with Crippen LogP contribution in [0.1, 0.15) is 96.4 Å². The molecule has 0 aliphatic heterocycles. The van der Waals surface area contributed by atoms with Crippen molar-refractivity contribution in [2.24, 2.45) is 10.3 Å². The molecule has 0 fully saturated rings. The Kier molecular flexibility index (Phi) is 28.9. The van der Waals surface area contributed by atoms with Gasteiger partial charge >= 0.3 is 12.2 Å². The predicted molar refractivity (Wildman–Crippen MR) is 314 cm³/mol. The van der Waals surface area contributed by atoms with Crippen LogP contribution in [0.4, 0.5) is 15.4 Å². The number of ether oxygens (including phenoxy) is 2. The summed E-state index contributed by atoms with van der Waals surface area (Å²) in [5.74, 6) is 2.46. The number of carbonyl (C=O) groups is 3. The number of anilines is 1. The summed E-state index contributed by atoms with van der Waals surface area (Å²) in [5, 5.41) is 35.2. The number of aliphatic hydroxyl groups excluding tert-OH is 1. The fourth-order valence-electron chi connectivity index (χ4n) is 5.81. The first kappa shape index (κ1) is 66.2. The third-order valence-electron chi connectivity index (χ3n) is 9.64. The van der Waals surface area contributed by atoms with Crippen molar-refractivity contribution in [1.29, 1.82) is 0 Å². The van der Waals surface area contributed by atoms with Crippen molar-refractivity contribution in [3.05, 3.63) is 188 Å². The Balaban J connectivity index is 0.000000300. The molecule has 0 atom stereocenters. The predicted octanol–water partition coefficient (Wildman–Crippen LogP) is 16.2. The Labute approximate surface area is 491 Å². The summed E-state index contributed by atoms with van der Waals surface area (Å²) in [7, 11) is 0. The average molecular weight is 1250 g/mol. The number of halogens is 7. The largest absolute Gasteiger partial charge is 0.443 e. The van der Waals surface area contributed by atoms with Crippen LogP contribution in [-0.2, 0) is 45.5 Å². The monoisotopic (exact) mass is 1250 g/mol. The highest BCUT2D eigenvalue weighted by molar-refractivity contribution is 9.10. The number of alkyl halides is 5. The number of nitrogens with zero attached hydrogens (tertiary/aromatic N) is 6. The highest BCUT2D eigenvalue weighted by Crippen LogP contribution is 2.33. The van der Waals surface area contributed by atoms with Crippen molar-refractivity contribution < 1.29 is 43.9 Å². The fraction of sp³-hybridized carbons (Fsp3) is 0.250. The van der Waals surface area contributed by atoms with Gasteiger partial charge in [0.2, 0.25) is 0 Å². The summed E-state index contributed by atoms with van der Waals surface area (Å²) in [6, 6.07) is 38.5. The van der Waals surface area contributed by atoms with E-state index in [1.165, 1.54) is 12.4 Å². The number of imide groups is 1. The second-order valence-electron chi connectivity index (χ2n) is 18.0. The van der Waals surface area contributed by atoms with Gasteiger partial charge in [-0.2, -0.15) is 4.90 Å². The molecule has 22 heteroatoms. The van der Waals surface area contributed by atoms with Crippen LogP contribution in [0.25, 0.3) is 22.7 Å². The summed E-state index contributed by atoms with van der Waals surface area (Å²) >= 11 is 37.0. The molecule has 0 saturated carbocycles. The van der Waals surface area contributed by atoms with E-state index >= 15 is 0 Å². The first-order valence-electron chi connectivity index (χ1n) is 23.3. The minimum atomic E-state index is -0.971. The molecular formula is C56H57BrCl6N6O9. The van der Waals surface area contributed by atoms with Crippen molar-refractivity contribution in [3.63, 3.8) is 0 Å². The van der Waals surface area contributed by atoms with Crippen LogP contribution in [-0.4, -0.2) is 71.7 Å². The number of oxime groups is 2. The molecule has 2 amide bonds. The van der Waals surface area contributed by atoms with Gasteiger partial charge in [0.25, 0.3) is 0 Å². The molecule has 78 heavy (non-hydrogen) atoms. The number of aromatic nitrogens is 3. The lowest BCUT2D eigenvalue weighted by Gasteiger charge is -2.28. The van der Waals surface area contributed by atoms with E-state index in [1.807, 2.05) is 97.1 Å². The van der Waals surface area contributed by atoms with Crippen LogP contribution in [0.5, 0.6) is 0 Å². The van der Waals surface area contributed by atoms with Crippen molar-refractivity contribution in [3.8, 4) is 22.7 Å². The maximum atomic E-state index is 13.1. The second kappa shape index (κ2) is 34.0. The molecule has 0 aliphatic rings. The molecule has 0 saturated heterocycles. The lowest BCUT2D eigenvalue weighted by molar-refractivity contribution is 0.0428. The van der Waals surface area contributed by atoms with Gasteiger partial charge in [-0.15, -0.1) is 58.0 Å². The minimum Gasteiger partial charge on any atom is -0.443 e. The zero-order chi connectivity index (χ0) is 57.8. The van der Waals surface area contributed by atoms with E-state index < -0.39 is 23.4 Å². The molecule has 0 spiro atoms. The third kappa shape index (κ3) is 23.5. The quantitative estimate of drug-likeness (QED) is 0.0343. The molecule has 7 aromatic rings. The summed E-state index contributed by atoms with van der Waals surface area (Å²) in [4.78, 5) is 45.8. The highest BCUT2D eigenvalue weighted by Gasteiger charge is 2.36. The summed E-state index contributed by atoms with van der Waals surface area (Å²) in [6.45, 7) is 10.2. The van der Waals surface area contributed by atoms with Crippen molar-refractivity contribution >= 4 is 121 Å². The van der Waals surface area contributed by atoms with E-state index in [2.05, 4.69) is 41.4 Å². The zero-order valence-electron chi connectivity index (χ0n) is 43.2. The third-order valence-corrected chi connectivity index (χ3v) is 11.9. The van der Waals surface area contributed by atoms with Crippen LogP contribution in [0, 0.1) is 0 Å². The first-order chi connectivity index (χ1) is 37.1. The van der Waals surface area contributed by atoms with Gasteiger partial charge in [-0.05, 0) is 96.4 Å². The van der Waals surface area contributed by atoms with E-state index in [9.17, 15) is 14.4 Å². The molecule has 2 aromatic heterocycles. The summed E-state index contributed by atoms with van der Waals surface area (Å²) < 4.78 is 16.8. The van der Waals surface area contributed by atoms with E-state index in [0.717, 1.165) is 50.8 Å². The molecule has 414 valence electrons. The van der Waals surface area contributed by atoms with Crippen LogP contribution >= 0.6 is 85.5 Å². The maximum absolute atomic E-state index is 13.1. The Morgan fingerprint density at radius 2 is 1.06 bits per heavy atom. The van der Waals surface area contributed by atoms with Gasteiger partial charge in [0, 0.05) is 52.2 Å². The Morgan fingerprint density at radius 1 is 0.654 bits per heavy atom. The fourth-order valence-corrected chi connectivity index (χ4v) is 7.10. The number of hydrogen-bond acceptors (Lipinski definition) is 14. The molecule has 0 bridgehead atoms. The average Bonchev–Trinajstić information content (AvgIpc) is 3.99. The molecular weight excluding hydrogens is 1190 g/mol. The lowest BCUT2D eigenvalue weighted by Crippen LogP contribution is -2.44. The number of carbonyl (C=O) groups excluding carboxylic acids is 3. The maximum Gasteiger partial charge on any atom is 0.425 e. The van der Waals surface area contributed by atoms with Gasteiger partial charge < -0.3 is 29.5 Å². The Morgan fingerprint density at radius 3 is 1.46 bits per heavy atom. The minimum absolute atomic E-state index is 0.0797. The van der Waals surface area contributed by atoms with Gasteiger partial charge in [0.1, 0.15) is 27.8 Å². The number of hydrogen-bond donors (Lipinski definition) is 3. The molecule has 0 unspecified atom stereocenters. The van der Waals surface area contributed by atoms with E-state index in [1.54, 1.807) is 71.9 Å². The molecule has 0 aliphatic carbocycles. The van der Waals surface area contributed by atoms with Gasteiger partial charge in [-0.25, -0.2) is 19.6 Å². The smallest absolute Gasteiger partial charge is 0.425 e. The van der Waals surface area contributed by atoms with Crippen LogP contribution in [0.2, 0.25) is 0 Å². The zero-order valence-corrected chi connectivity index (χ0v) is 49.3. The molecule has 7 rings (SSSR count). The number of benzene rings is 5. The standard InChI is InChI=1S/C24H26BrClN4O5.C8H7Cl2NO.C8H8ClNO.C8H9ClO.C8H7ClO/c1-23(2,3)33-21(31)30(22(32)34-24(4,5)6)20-19(28-18(25)13-27-20)17-11-16(29-35-17)15-9-7-14(12-26)8-10-15;9-5-6-1-3-7(4-2-6)8(10)11-12;9-5-7-1-3-8(4-2-7)6-10-11;2*9-5-7-1-3-8(6-10)4-2-7/h7-11,13H,12H2,1-6H3;1-4,12H,5H2;1-4,6,11H,5H2;1-4,10H,5-6H2;1-4,6H,5H2/b;11-8-;10-6+;;. The highest BCUT2D eigenvalue weighted by atomic mass is 79.9. The summed E-state index contributed by atoms with van der Waals surface area (Å²) in [6.07, 6.45) is 1.60. The van der Waals surface area contributed by atoms with Gasteiger partial charge in [-0.3, -0.25) is 4.79 Å². The van der Waals surface area contributed by atoms with Gasteiger partial charge in [0.05, 0.1) is 19.0 Å². The summed E-state index contributed by atoms with van der Waals surface area (Å²) in [5.41, 5.74) is 7.93. The van der Waals surface area contributed by atoms with E-state index in [-0.39, 0.29) is 29.0 Å². The van der Waals surface area contributed by atoms with Crippen LogP contribution in [0.3, 0.4) is 0 Å². The second-order valence-corrected chi connectivity index (χ2v) is 20.5. The van der Waals surface area contributed by atoms with Crippen molar-refractivity contribution in [2.45, 2.75) is 88.8 Å². The van der Waals surface area contributed by atoms with Gasteiger partial charge in [0.15, 0.2) is 22.4 Å². The lowest BCUT2D eigenvalue weighted by atomic mass is 10.1. The number of rotatable bonds is 12. The SMILES string of the molecule is CC(C)(C)OC(=O)N(C(=O)OC(C)(C)C)c1ncc(Br)nc1-c1cc(-c2ccc(CCl)cc2)no1.O/N=C(\Cl)c1ccc(CCl)cc1.O/N=C/c1ccc(CCl)cc1.O=Cc1ccc(CCl)cc1.OCc1ccc(CCl)cc1. The molecule has 2 heterocycles. The topological polar surface area (TPSA) is 210 Å². The van der Waals surface area contributed by atoms with Crippen molar-refractivity contribution in [2.75, 3.05) is 4.90 Å². The molecule has 5 aromatic carbocycles. The first-order valence-corrected chi connectivity index (χ1v) is 27.1. The Bertz CT molecular complexity index is 2940. The van der Waals surface area contributed by atoms with Gasteiger partial charge in [-0.1, -0.05) is 148 Å². The van der Waals surface area contributed by atoms with Crippen LogP contribution in [0.15, 0.2) is 153 Å². The van der Waals surface area contributed by atoms with Crippen LogP contribution < -0.4 is 4.90 Å². The number of aliphatic hydroxyl groups is 1. The van der Waals surface area contributed by atoms with Crippen molar-refractivity contribution in [1.82, 2.24) is 15.1 Å². The molecule has 15 nitrogen and oxygen atoms in total. The Hall–Kier alpha value is -6.08. The van der Waals surface area contributed by atoms with E-state index in [4.69, 9.17) is 99.1 Å². The normalized spacial score (nSPS) is 11.0.